The molecule has 2 heterocycles. The van der Waals surface area contributed by atoms with Crippen LogP contribution in [-0.4, -0.2) is 35.4 Å². The molecule has 0 unspecified atom stereocenters. The summed E-state index contributed by atoms with van der Waals surface area (Å²) in [7, 11) is 0. The molecule has 4 nitrogen and oxygen atoms in total. The van der Waals surface area contributed by atoms with E-state index < -0.39 is 0 Å². The van der Waals surface area contributed by atoms with Gasteiger partial charge in [0.2, 0.25) is 5.91 Å². The number of nitrogens with zero attached hydrogens (tertiary/aromatic N) is 2. The Hall–Kier alpha value is -2.20. The maximum atomic E-state index is 12.6. The molecule has 4 heteroatoms. The van der Waals surface area contributed by atoms with Gasteiger partial charge in [-0.3, -0.25) is 9.78 Å². The van der Waals surface area contributed by atoms with Gasteiger partial charge in [0.1, 0.15) is 0 Å². The number of likely N-dealkylation sites (tertiary alicyclic amines) is 1. The summed E-state index contributed by atoms with van der Waals surface area (Å²) >= 11 is 0. The van der Waals surface area contributed by atoms with Gasteiger partial charge in [-0.1, -0.05) is 36.4 Å². The molecular formula is C19H23N3O. The summed E-state index contributed by atoms with van der Waals surface area (Å²) in [6, 6.07) is 14.3. The van der Waals surface area contributed by atoms with E-state index in [1.807, 2.05) is 42.2 Å². The van der Waals surface area contributed by atoms with Gasteiger partial charge in [-0.15, -0.1) is 0 Å². The number of carbonyl (C=O) groups is 1. The highest BCUT2D eigenvalue weighted by molar-refractivity contribution is 5.79. The fourth-order valence-corrected chi connectivity index (χ4v) is 3.28. The number of rotatable bonds is 4. The van der Waals surface area contributed by atoms with Crippen molar-refractivity contribution in [2.45, 2.75) is 19.3 Å². The van der Waals surface area contributed by atoms with Crippen LogP contribution in [0.5, 0.6) is 0 Å². The Morgan fingerprint density at radius 2 is 2.00 bits per heavy atom. The maximum absolute atomic E-state index is 12.6. The van der Waals surface area contributed by atoms with Crippen molar-refractivity contribution >= 4 is 5.91 Å². The second-order valence-electron chi connectivity index (χ2n) is 6.30. The van der Waals surface area contributed by atoms with E-state index in [0.29, 0.717) is 24.8 Å². The van der Waals surface area contributed by atoms with Crippen LogP contribution in [0.15, 0.2) is 48.7 Å². The predicted molar refractivity (Wildman–Crippen MR) is 91.0 cm³/mol. The Morgan fingerprint density at radius 1 is 1.22 bits per heavy atom. The molecule has 2 atom stereocenters. The van der Waals surface area contributed by atoms with Crippen LogP contribution in [0.1, 0.15) is 22.7 Å². The first-order chi connectivity index (χ1) is 11.2. The first-order valence-electron chi connectivity index (χ1n) is 8.11. The number of benzene rings is 1. The largest absolute Gasteiger partial charge is 0.341 e. The van der Waals surface area contributed by atoms with Crippen LogP contribution in [-0.2, 0) is 11.2 Å². The number of amides is 1. The Balaban J connectivity index is 1.69. The quantitative estimate of drug-likeness (QED) is 0.941. The van der Waals surface area contributed by atoms with Crippen molar-refractivity contribution in [3.63, 3.8) is 0 Å². The second-order valence-corrected chi connectivity index (χ2v) is 6.30. The Labute approximate surface area is 137 Å². The molecule has 1 aromatic heterocycles. The van der Waals surface area contributed by atoms with Gasteiger partial charge in [-0.2, -0.15) is 0 Å². The lowest BCUT2D eigenvalue weighted by molar-refractivity contribution is -0.129. The van der Waals surface area contributed by atoms with Gasteiger partial charge in [0, 0.05) is 30.9 Å². The van der Waals surface area contributed by atoms with Crippen molar-refractivity contribution in [1.82, 2.24) is 9.88 Å². The first-order valence-corrected chi connectivity index (χ1v) is 8.11. The average molecular weight is 309 g/mol. The molecule has 0 saturated carbocycles. The van der Waals surface area contributed by atoms with Gasteiger partial charge in [-0.05, 0) is 36.6 Å². The molecule has 1 aliphatic heterocycles. The molecule has 2 N–H and O–H groups in total. The minimum Gasteiger partial charge on any atom is -0.341 e. The van der Waals surface area contributed by atoms with Crippen LogP contribution < -0.4 is 5.73 Å². The minimum atomic E-state index is 0.160. The smallest absolute Gasteiger partial charge is 0.227 e. The van der Waals surface area contributed by atoms with E-state index in [0.717, 1.165) is 24.3 Å². The van der Waals surface area contributed by atoms with Crippen LogP contribution in [0.3, 0.4) is 0 Å². The molecule has 1 fully saturated rings. The first kappa shape index (κ1) is 15.7. The van der Waals surface area contributed by atoms with Gasteiger partial charge >= 0.3 is 0 Å². The standard InChI is InChI=1S/C19H23N3O/c1-14-7-8-15(11-21-14)9-19(23)22-12-17(10-20)18(13-22)16-5-3-2-4-6-16/h2-8,11,17-18H,9-10,12-13,20H2,1H3/t17-,18+/m1/s1. The van der Waals surface area contributed by atoms with E-state index in [-0.39, 0.29) is 5.91 Å². The number of hydrogen-bond acceptors (Lipinski definition) is 3. The van der Waals surface area contributed by atoms with Crippen LogP contribution in [0.25, 0.3) is 0 Å². The monoisotopic (exact) mass is 309 g/mol. The summed E-state index contributed by atoms with van der Waals surface area (Å²) in [5.74, 6) is 0.825. The van der Waals surface area contributed by atoms with E-state index in [9.17, 15) is 4.79 Å². The summed E-state index contributed by atoms with van der Waals surface area (Å²) < 4.78 is 0. The van der Waals surface area contributed by atoms with E-state index in [1.165, 1.54) is 5.56 Å². The zero-order valence-corrected chi connectivity index (χ0v) is 13.5. The van der Waals surface area contributed by atoms with E-state index in [4.69, 9.17) is 5.73 Å². The highest BCUT2D eigenvalue weighted by atomic mass is 16.2. The molecule has 120 valence electrons. The molecule has 0 bridgehead atoms. The number of nitrogens with two attached hydrogens (primary N) is 1. The molecule has 1 aliphatic rings. The maximum Gasteiger partial charge on any atom is 0.227 e. The topological polar surface area (TPSA) is 59.2 Å². The van der Waals surface area contributed by atoms with Gasteiger partial charge < -0.3 is 10.6 Å². The highest BCUT2D eigenvalue weighted by Gasteiger charge is 2.35. The number of aryl methyl sites for hydroxylation is 1. The number of hydrogen-bond donors (Lipinski definition) is 1. The van der Waals surface area contributed by atoms with Gasteiger partial charge in [0.05, 0.1) is 6.42 Å². The zero-order chi connectivity index (χ0) is 16.2. The summed E-state index contributed by atoms with van der Waals surface area (Å²) in [5, 5.41) is 0. The number of aromatic nitrogens is 1. The van der Waals surface area contributed by atoms with E-state index in [1.54, 1.807) is 6.20 Å². The van der Waals surface area contributed by atoms with Crippen molar-refractivity contribution < 1.29 is 4.79 Å². The van der Waals surface area contributed by atoms with Crippen molar-refractivity contribution in [2.75, 3.05) is 19.6 Å². The molecule has 1 amide bonds. The van der Waals surface area contributed by atoms with Crippen molar-refractivity contribution in [3.8, 4) is 0 Å². The normalized spacial score (nSPS) is 20.7. The molecular weight excluding hydrogens is 286 g/mol. The van der Waals surface area contributed by atoms with Gasteiger partial charge in [0.15, 0.2) is 0 Å². The SMILES string of the molecule is Cc1ccc(CC(=O)N2C[C@@H](CN)[C@H](c3ccccc3)C2)cn1. The van der Waals surface area contributed by atoms with E-state index >= 15 is 0 Å². The van der Waals surface area contributed by atoms with Crippen molar-refractivity contribution in [3.05, 3.63) is 65.5 Å². The van der Waals surface area contributed by atoms with Crippen LogP contribution in [0, 0.1) is 12.8 Å². The zero-order valence-electron chi connectivity index (χ0n) is 13.5. The Morgan fingerprint density at radius 3 is 2.65 bits per heavy atom. The van der Waals surface area contributed by atoms with Crippen LogP contribution in [0.4, 0.5) is 0 Å². The predicted octanol–water partition coefficient (Wildman–Crippen LogP) is 2.13. The minimum absolute atomic E-state index is 0.160. The molecule has 23 heavy (non-hydrogen) atoms. The summed E-state index contributed by atoms with van der Waals surface area (Å²) in [6.07, 6.45) is 2.20. The Kier molecular flexibility index (Phi) is 4.72. The van der Waals surface area contributed by atoms with Crippen molar-refractivity contribution in [1.29, 1.82) is 0 Å². The average Bonchev–Trinajstić information content (AvgIpc) is 3.02. The van der Waals surface area contributed by atoms with Crippen molar-refractivity contribution in [2.24, 2.45) is 11.7 Å². The molecule has 0 spiro atoms. The lowest BCUT2D eigenvalue weighted by atomic mass is 9.89. The molecule has 1 saturated heterocycles. The fraction of sp³-hybridized carbons (Fsp3) is 0.368. The third-order valence-electron chi connectivity index (χ3n) is 4.65. The molecule has 0 aliphatic carbocycles. The summed E-state index contributed by atoms with van der Waals surface area (Å²) in [5.41, 5.74) is 9.15. The third-order valence-corrected chi connectivity index (χ3v) is 4.65. The van der Waals surface area contributed by atoms with Crippen LogP contribution >= 0.6 is 0 Å². The number of carbonyl (C=O) groups excluding carboxylic acids is 1. The van der Waals surface area contributed by atoms with Gasteiger partial charge in [-0.25, -0.2) is 0 Å². The molecule has 2 aromatic rings. The summed E-state index contributed by atoms with van der Waals surface area (Å²) in [4.78, 5) is 18.8. The van der Waals surface area contributed by atoms with E-state index in [2.05, 4.69) is 17.1 Å². The van der Waals surface area contributed by atoms with Crippen LogP contribution in [0.2, 0.25) is 0 Å². The Bertz CT molecular complexity index is 654. The molecule has 3 rings (SSSR count). The lowest BCUT2D eigenvalue weighted by Crippen LogP contribution is -2.31. The fourth-order valence-electron chi connectivity index (χ4n) is 3.28. The molecule has 1 aromatic carbocycles. The summed E-state index contributed by atoms with van der Waals surface area (Å²) in [6.45, 7) is 4.05. The number of pyridine rings is 1. The highest BCUT2D eigenvalue weighted by Crippen LogP contribution is 2.32. The third kappa shape index (κ3) is 3.59. The van der Waals surface area contributed by atoms with Gasteiger partial charge in [0.25, 0.3) is 0 Å². The lowest BCUT2D eigenvalue weighted by Gasteiger charge is -2.17. The second kappa shape index (κ2) is 6.92. The molecule has 0 radical (unpaired) electrons.